The largest absolute Gasteiger partial charge is 0.497 e. The fraction of sp³-hybridized carbons (Fsp3) is 0.400. The van der Waals surface area contributed by atoms with Gasteiger partial charge in [-0.1, -0.05) is 18.2 Å². The molecule has 1 aromatic carbocycles. The lowest BCUT2D eigenvalue weighted by Crippen LogP contribution is -2.67. The quantitative estimate of drug-likeness (QED) is 0.688. The number of carbonyl (C=O) groups is 2. The van der Waals surface area contributed by atoms with E-state index in [0.717, 1.165) is 22.6 Å². The number of hydrogen-bond acceptors (Lipinski definition) is 6. The molecule has 2 aromatic rings. The number of piperidine rings is 1. The molecule has 2 saturated heterocycles. The van der Waals surface area contributed by atoms with Gasteiger partial charge in [0.2, 0.25) is 21.8 Å². The first-order chi connectivity index (χ1) is 14.4. The smallest absolute Gasteiger partial charge is 0.250 e. The van der Waals surface area contributed by atoms with E-state index in [1.165, 1.54) is 0 Å². The van der Waals surface area contributed by atoms with Crippen molar-refractivity contribution in [2.45, 2.75) is 41.6 Å². The van der Waals surface area contributed by atoms with Crippen LogP contribution >= 0.6 is 11.3 Å². The van der Waals surface area contributed by atoms with Crippen LogP contribution in [-0.2, 0) is 26.0 Å². The summed E-state index contributed by atoms with van der Waals surface area (Å²) in [5.74, 6) is 0.355. The van der Waals surface area contributed by atoms with Crippen molar-refractivity contribution in [2.24, 2.45) is 0 Å². The second kappa shape index (κ2) is 8.37. The molecule has 2 N–H and O–H groups in total. The average Bonchev–Trinajstić information content (AvgIpc) is 3.28. The standard InChI is InChI=1S/C20H23N3O5S2/c1-28-15-6-4-13(5-7-15)11-16-20(25)23-9-8-14(12-17(23)19(24)21-16)22-30(26,27)18-3-2-10-29-18/h2-7,10,14,16-17,22H,8-9,11-12H2,1H3,(H,21,24)/t14-,16+,17-/m0/s1. The van der Waals surface area contributed by atoms with Crippen LogP contribution in [0.25, 0.3) is 0 Å². The van der Waals surface area contributed by atoms with Crippen LogP contribution in [-0.4, -0.2) is 56.9 Å². The summed E-state index contributed by atoms with van der Waals surface area (Å²) in [4.78, 5) is 27.3. The van der Waals surface area contributed by atoms with Gasteiger partial charge >= 0.3 is 0 Å². The van der Waals surface area contributed by atoms with Gasteiger partial charge in [-0.2, -0.15) is 0 Å². The van der Waals surface area contributed by atoms with E-state index in [0.29, 0.717) is 19.4 Å². The molecule has 10 heteroatoms. The van der Waals surface area contributed by atoms with E-state index in [-0.39, 0.29) is 22.4 Å². The van der Waals surface area contributed by atoms with Crippen LogP contribution in [0.4, 0.5) is 0 Å². The van der Waals surface area contributed by atoms with Gasteiger partial charge in [-0.3, -0.25) is 9.59 Å². The highest BCUT2D eigenvalue weighted by Gasteiger charge is 2.44. The third kappa shape index (κ3) is 4.21. The van der Waals surface area contributed by atoms with Gasteiger partial charge in [0.25, 0.3) is 0 Å². The molecular weight excluding hydrogens is 426 g/mol. The van der Waals surface area contributed by atoms with Gasteiger partial charge in [0.15, 0.2) is 0 Å². The van der Waals surface area contributed by atoms with Gasteiger partial charge in [-0.05, 0) is 42.0 Å². The molecule has 3 atom stereocenters. The zero-order chi connectivity index (χ0) is 21.3. The number of piperazine rings is 1. The Morgan fingerprint density at radius 1 is 1.23 bits per heavy atom. The number of methoxy groups -OCH3 is 1. The number of nitrogens with one attached hydrogen (secondary N) is 2. The molecule has 4 rings (SSSR count). The van der Waals surface area contributed by atoms with Crippen LogP contribution < -0.4 is 14.8 Å². The molecule has 30 heavy (non-hydrogen) atoms. The predicted octanol–water partition coefficient (Wildman–Crippen LogP) is 1.14. The molecular formula is C20H23N3O5S2. The number of carbonyl (C=O) groups excluding carboxylic acids is 2. The first kappa shape index (κ1) is 20.8. The van der Waals surface area contributed by atoms with Crippen molar-refractivity contribution in [3.05, 3.63) is 47.3 Å². The summed E-state index contributed by atoms with van der Waals surface area (Å²) in [5.41, 5.74) is 0.923. The molecule has 0 spiro atoms. The molecule has 8 nitrogen and oxygen atoms in total. The van der Waals surface area contributed by atoms with Crippen LogP contribution in [0.1, 0.15) is 18.4 Å². The summed E-state index contributed by atoms with van der Waals surface area (Å²) in [6.07, 6.45) is 1.12. The van der Waals surface area contributed by atoms with Crippen LogP contribution in [0.2, 0.25) is 0 Å². The van der Waals surface area contributed by atoms with Crippen LogP contribution in [0, 0.1) is 0 Å². The fourth-order valence-corrected chi connectivity index (χ4v) is 6.24. The zero-order valence-corrected chi connectivity index (χ0v) is 18.0. The Morgan fingerprint density at radius 2 is 2.00 bits per heavy atom. The summed E-state index contributed by atoms with van der Waals surface area (Å²) in [5, 5.41) is 4.52. The molecule has 3 heterocycles. The summed E-state index contributed by atoms with van der Waals surface area (Å²) >= 11 is 1.14. The Hall–Kier alpha value is -2.43. The maximum absolute atomic E-state index is 13.0. The van der Waals surface area contributed by atoms with Crippen LogP contribution in [0.3, 0.4) is 0 Å². The number of ether oxygens (including phenoxy) is 1. The van der Waals surface area contributed by atoms with Crippen molar-refractivity contribution < 1.29 is 22.7 Å². The molecule has 0 unspecified atom stereocenters. The van der Waals surface area contributed by atoms with Crippen molar-refractivity contribution >= 4 is 33.2 Å². The SMILES string of the molecule is COc1ccc(C[C@H]2NC(=O)[C@@H]3C[C@@H](NS(=O)(=O)c4cccs4)CCN3C2=O)cc1. The van der Waals surface area contributed by atoms with Crippen molar-refractivity contribution in [1.82, 2.24) is 14.9 Å². The molecule has 2 amide bonds. The molecule has 2 aliphatic rings. The lowest BCUT2D eigenvalue weighted by Gasteiger charge is -2.44. The Kier molecular flexibility index (Phi) is 5.81. The Morgan fingerprint density at radius 3 is 2.67 bits per heavy atom. The summed E-state index contributed by atoms with van der Waals surface area (Å²) < 4.78 is 33.0. The van der Waals surface area contributed by atoms with E-state index in [2.05, 4.69) is 10.0 Å². The Balaban J connectivity index is 1.41. The van der Waals surface area contributed by atoms with E-state index in [1.54, 1.807) is 29.5 Å². The van der Waals surface area contributed by atoms with E-state index in [4.69, 9.17) is 4.74 Å². The molecule has 160 valence electrons. The first-order valence-corrected chi connectivity index (χ1v) is 12.0. The number of benzene rings is 1. The minimum atomic E-state index is -3.62. The zero-order valence-electron chi connectivity index (χ0n) is 16.4. The van der Waals surface area contributed by atoms with E-state index >= 15 is 0 Å². The second-order valence-electron chi connectivity index (χ2n) is 7.44. The molecule has 0 aliphatic carbocycles. The summed E-state index contributed by atoms with van der Waals surface area (Å²) in [6, 6.07) is 8.93. The number of amides is 2. The molecule has 0 bridgehead atoms. The first-order valence-electron chi connectivity index (χ1n) is 9.67. The number of hydrogen-bond donors (Lipinski definition) is 2. The highest BCUT2D eigenvalue weighted by Crippen LogP contribution is 2.25. The monoisotopic (exact) mass is 449 g/mol. The number of thiophene rings is 1. The van der Waals surface area contributed by atoms with Gasteiger partial charge in [0, 0.05) is 19.0 Å². The average molecular weight is 450 g/mol. The minimum absolute atomic E-state index is 0.130. The number of nitrogens with zero attached hydrogens (tertiary/aromatic N) is 1. The van der Waals surface area contributed by atoms with Gasteiger partial charge in [-0.25, -0.2) is 13.1 Å². The Labute approximate surface area is 179 Å². The van der Waals surface area contributed by atoms with E-state index in [9.17, 15) is 18.0 Å². The third-order valence-electron chi connectivity index (χ3n) is 5.48. The molecule has 0 saturated carbocycles. The van der Waals surface area contributed by atoms with Crippen molar-refractivity contribution in [3.8, 4) is 5.75 Å². The fourth-order valence-electron chi connectivity index (χ4n) is 3.94. The molecule has 0 radical (unpaired) electrons. The number of sulfonamides is 1. The van der Waals surface area contributed by atoms with E-state index < -0.39 is 28.1 Å². The lowest BCUT2D eigenvalue weighted by atomic mass is 9.92. The highest BCUT2D eigenvalue weighted by molar-refractivity contribution is 7.91. The third-order valence-corrected chi connectivity index (χ3v) is 8.40. The maximum atomic E-state index is 13.0. The molecule has 1 aromatic heterocycles. The van der Waals surface area contributed by atoms with E-state index in [1.807, 2.05) is 24.3 Å². The van der Waals surface area contributed by atoms with Gasteiger partial charge < -0.3 is 15.0 Å². The van der Waals surface area contributed by atoms with Crippen molar-refractivity contribution in [1.29, 1.82) is 0 Å². The summed E-state index contributed by atoms with van der Waals surface area (Å²) in [6.45, 7) is 0.341. The predicted molar refractivity (Wildman–Crippen MR) is 112 cm³/mol. The van der Waals surface area contributed by atoms with Crippen molar-refractivity contribution in [2.75, 3.05) is 13.7 Å². The second-order valence-corrected chi connectivity index (χ2v) is 10.3. The minimum Gasteiger partial charge on any atom is -0.497 e. The van der Waals surface area contributed by atoms with Gasteiger partial charge in [-0.15, -0.1) is 11.3 Å². The molecule has 2 fully saturated rings. The van der Waals surface area contributed by atoms with Crippen LogP contribution in [0.5, 0.6) is 5.75 Å². The van der Waals surface area contributed by atoms with Gasteiger partial charge in [0.1, 0.15) is 22.0 Å². The van der Waals surface area contributed by atoms with Crippen LogP contribution in [0.15, 0.2) is 46.0 Å². The lowest BCUT2D eigenvalue weighted by molar-refractivity contribution is -0.151. The topological polar surface area (TPSA) is 105 Å². The Bertz CT molecular complexity index is 1020. The summed E-state index contributed by atoms with van der Waals surface area (Å²) in [7, 11) is -2.03. The van der Waals surface area contributed by atoms with Crippen molar-refractivity contribution in [3.63, 3.8) is 0 Å². The number of rotatable bonds is 6. The number of fused-ring (bicyclic) bond motifs is 1. The van der Waals surface area contributed by atoms with Gasteiger partial charge in [0.05, 0.1) is 7.11 Å². The maximum Gasteiger partial charge on any atom is 0.250 e. The normalized spacial score (nSPS) is 24.3. The molecule has 2 aliphatic heterocycles. The highest BCUT2D eigenvalue weighted by atomic mass is 32.2.